The van der Waals surface area contributed by atoms with E-state index >= 15 is 0 Å². The Morgan fingerprint density at radius 3 is 2.85 bits per heavy atom. The van der Waals surface area contributed by atoms with Gasteiger partial charge in [0.15, 0.2) is 0 Å². The molecule has 0 saturated carbocycles. The van der Waals surface area contributed by atoms with Crippen molar-refractivity contribution in [3.8, 4) is 0 Å². The lowest BCUT2D eigenvalue weighted by Crippen LogP contribution is -2.12. The van der Waals surface area contributed by atoms with Crippen LogP contribution in [-0.2, 0) is 6.42 Å². The first-order valence-corrected chi connectivity index (χ1v) is 7.42. The van der Waals surface area contributed by atoms with Crippen molar-refractivity contribution in [1.29, 1.82) is 0 Å². The fourth-order valence-corrected chi connectivity index (χ4v) is 2.59. The summed E-state index contributed by atoms with van der Waals surface area (Å²) in [6.45, 7) is 2.60. The van der Waals surface area contributed by atoms with Crippen LogP contribution in [0.2, 0.25) is 0 Å². The number of carbonyl (C=O) groups is 1. The maximum atomic E-state index is 12.1. The molecule has 0 radical (unpaired) electrons. The van der Waals surface area contributed by atoms with Gasteiger partial charge in [0.05, 0.1) is 0 Å². The largest absolute Gasteiger partial charge is 0.330 e. The molecule has 0 aliphatic heterocycles. The molecule has 1 heterocycles. The SMILES string of the molecule is Cc1ccccc1C(=O)Nc1nnc(CCCCN)s1. The van der Waals surface area contributed by atoms with E-state index in [-0.39, 0.29) is 5.91 Å². The van der Waals surface area contributed by atoms with Crippen molar-refractivity contribution in [2.24, 2.45) is 5.73 Å². The van der Waals surface area contributed by atoms with Crippen LogP contribution < -0.4 is 11.1 Å². The highest BCUT2D eigenvalue weighted by Gasteiger charge is 2.11. The second-order valence-electron chi connectivity index (χ2n) is 4.52. The van der Waals surface area contributed by atoms with Gasteiger partial charge >= 0.3 is 0 Å². The number of benzene rings is 1. The molecule has 1 amide bonds. The first-order valence-electron chi connectivity index (χ1n) is 6.60. The van der Waals surface area contributed by atoms with Crippen molar-refractivity contribution in [2.75, 3.05) is 11.9 Å². The molecule has 1 aromatic heterocycles. The predicted octanol–water partition coefficient (Wildman–Crippen LogP) is 2.38. The molecule has 0 atom stereocenters. The summed E-state index contributed by atoms with van der Waals surface area (Å²) in [5, 5.41) is 12.3. The molecule has 3 N–H and O–H groups in total. The van der Waals surface area contributed by atoms with Crippen LogP contribution in [0.1, 0.15) is 33.8 Å². The van der Waals surface area contributed by atoms with Crippen LogP contribution in [-0.4, -0.2) is 22.6 Å². The summed E-state index contributed by atoms with van der Waals surface area (Å²) >= 11 is 1.42. The lowest BCUT2D eigenvalue weighted by atomic mass is 10.1. The van der Waals surface area contributed by atoms with Crippen LogP contribution in [0.15, 0.2) is 24.3 Å². The first-order chi connectivity index (χ1) is 9.70. The molecule has 0 unspecified atom stereocenters. The number of rotatable bonds is 6. The van der Waals surface area contributed by atoms with E-state index < -0.39 is 0 Å². The van der Waals surface area contributed by atoms with Gasteiger partial charge in [-0.1, -0.05) is 29.5 Å². The second-order valence-corrected chi connectivity index (χ2v) is 5.58. The van der Waals surface area contributed by atoms with Crippen molar-refractivity contribution in [1.82, 2.24) is 10.2 Å². The molecule has 0 fully saturated rings. The molecule has 0 aliphatic rings. The number of amides is 1. The van der Waals surface area contributed by atoms with E-state index in [4.69, 9.17) is 5.73 Å². The Hall–Kier alpha value is -1.79. The predicted molar refractivity (Wildman–Crippen MR) is 81.0 cm³/mol. The zero-order chi connectivity index (χ0) is 14.4. The third-order valence-electron chi connectivity index (χ3n) is 2.92. The molecule has 0 bridgehead atoms. The van der Waals surface area contributed by atoms with Gasteiger partial charge in [0.1, 0.15) is 5.01 Å². The van der Waals surface area contributed by atoms with Crippen molar-refractivity contribution in [3.63, 3.8) is 0 Å². The van der Waals surface area contributed by atoms with E-state index in [0.29, 0.717) is 17.2 Å². The Labute approximate surface area is 122 Å². The maximum Gasteiger partial charge on any atom is 0.257 e. The number of nitrogens with zero attached hydrogens (tertiary/aromatic N) is 2. The Kier molecular flexibility index (Phi) is 5.20. The fourth-order valence-electron chi connectivity index (χ4n) is 1.82. The van der Waals surface area contributed by atoms with Crippen LogP contribution in [0.25, 0.3) is 0 Å². The molecule has 106 valence electrons. The summed E-state index contributed by atoms with van der Waals surface area (Å²) in [7, 11) is 0. The molecule has 2 rings (SSSR count). The number of carbonyl (C=O) groups excluding carboxylic acids is 1. The highest BCUT2D eigenvalue weighted by Crippen LogP contribution is 2.18. The minimum atomic E-state index is -0.146. The van der Waals surface area contributed by atoms with Gasteiger partial charge in [-0.2, -0.15) is 0 Å². The molecular formula is C14H18N4OS. The van der Waals surface area contributed by atoms with Gasteiger partial charge in [-0.05, 0) is 37.9 Å². The Bertz CT molecular complexity index is 582. The molecule has 0 spiro atoms. The summed E-state index contributed by atoms with van der Waals surface area (Å²) in [5.41, 5.74) is 7.05. The van der Waals surface area contributed by atoms with Crippen molar-refractivity contribution < 1.29 is 4.79 Å². The smallest absolute Gasteiger partial charge is 0.257 e. The summed E-state index contributed by atoms with van der Waals surface area (Å²) in [5.74, 6) is -0.146. The van der Waals surface area contributed by atoms with Crippen molar-refractivity contribution in [2.45, 2.75) is 26.2 Å². The van der Waals surface area contributed by atoms with Crippen molar-refractivity contribution in [3.05, 3.63) is 40.4 Å². The summed E-state index contributed by atoms with van der Waals surface area (Å²) in [6, 6.07) is 7.47. The van der Waals surface area contributed by atoms with E-state index in [1.807, 2.05) is 25.1 Å². The molecule has 2 aromatic rings. The van der Waals surface area contributed by atoms with E-state index in [1.165, 1.54) is 11.3 Å². The monoisotopic (exact) mass is 290 g/mol. The van der Waals surface area contributed by atoms with Crippen LogP contribution in [0, 0.1) is 6.92 Å². The number of nitrogens with one attached hydrogen (secondary N) is 1. The van der Waals surface area contributed by atoms with Crippen LogP contribution >= 0.6 is 11.3 Å². The van der Waals surface area contributed by atoms with Gasteiger partial charge in [0.2, 0.25) is 5.13 Å². The van der Waals surface area contributed by atoms with E-state index in [1.54, 1.807) is 6.07 Å². The third kappa shape index (κ3) is 3.85. The summed E-state index contributed by atoms with van der Waals surface area (Å²) in [6.07, 6.45) is 2.83. The quantitative estimate of drug-likeness (QED) is 0.800. The van der Waals surface area contributed by atoms with E-state index in [9.17, 15) is 4.79 Å². The van der Waals surface area contributed by atoms with E-state index in [2.05, 4.69) is 15.5 Å². The Balaban J connectivity index is 1.97. The van der Waals surface area contributed by atoms with Gasteiger partial charge in [0, 0.05) is 12.0 Å². The molecule has 20 heavy (non-hydrogen) atoms. The number of hydrogen-bond donors (Lipinski definition) is 2. The first kappa shape index (κ1) is 14.6. The van der Waals surface area contributed by atoms with Crippen LogP contribution in [0.3, 0.4) is 0 Å². The number of unbranched alkanes of at least 4 members (excludes halogenated alkanes) is 1. The molecule has 5 nitrogen and oxygen atoms in total. The molecule has 0 aliphatic carbocycles. The van der Waals surface area contributed by atoms with Crippen LogP contribution in [0.5, 0.6) is 0 Å². The molecule has 6 heteroatoms. The Morgan fingerprint density at radius 1 is 1.30 bits per heavy atom. The summed E-state index contributed by atoms with van der Waals surface area (Å²) < 4.78 is 0. The normalized spacial score (nSPS) is 10.5. The number of anilines is 1. The second kappa shape index (κ2) is 7.12. The number of aromatic nitrogens is 2. The maximum absolute atomic E-state index is 12.1. The zero-order valence-electron chi connectivity index (χ0n) is 11.4. The fraction of sp³-hybridized carbons (Fsp3) is 0.357. The van der Waals surface area contributed by atoms with Crippen molar-refractivity contribution >= 4 is 22.4 Å². The average molecular weight is 290 g/mol. The molecule has 0 saturated heterocycles. The topological polar surface area (TPSA) is 80.9 Å². The minimum Gasteiger partial charge on any atom is -0.330 e. The number of hydrogen-bond acceptors (Lipinski definition) is 5. The summed E-state index contributed by atoms with van der Waals surface area (Å²) in [4.78, 5) is 12.1. The lowest BCUT2D eigenvalue weighted by molar-refractivity contribution is 0.102. The highest BCUT2D eigenvalue weighted by atomic mass is 32.1. The van der Waals surface area contributed by atoms with Gasteiger partial charge in [0.25, 0.3) is 5.91 Å². The van der Waals surface area contributed by atoms with Crippen LogP contribution in [0.4, 0.5) is 5.13 Å². The average Bonchev–Trinajstić information content (AvgIpc) is 2.87. The lowest BCUT2D eigenvalue weighted by Gasteiger charge is -2.03. The molecule has 1 aromatic carbocycles. The third-order valence-corrected chi connectivity index (χ3v) is 3.82. The van der Waals surface area contributed by atoms with Gasteiger partial charge in [-0.3, -0.25) is 10.1 Å². The zero-order valence-corrected chi connectivity index (χ0v) is 12.2. The number of aryl methyl sites for hydroxylation is 2. The van der Waals surface area contributed by atoms with Gasteiger partial charge in [-0.15, -0.1) is 10.2 Å². The number of nitrogens with two attached hydrogens (primary N) is 1. The highest BCUT2D eigenvalue weighted by molar-refractivity contribution is 7.15. The van der Waals surface area contributed by atoms with E-state index in [0.717, 1.165) is 29.8 Å². The van der Waals surface area contributed by atoms with Gasteiger partial charge < -0.3 is 5.73 Å². The Morgan fingerprint density at radius 2 is 2.10 bits per heavy atom. The molecular weight excluding hydrogens is 272 g/mol. The standard InChI is InChI=1S/C14H18N4OS/c1-10-6-2-3-7-11(10)13(19)16-14-18-17-12(20-14)8-4-5-9-15/h2-3,6-7H,4-5,8-9,15H2,1H3,(H,16,18,19). The minimum absolute atomic E-state index is 0.146. The van der Waals surface area contributed by atoms with Gasteiger partial charge in [-0.25, -0.2) is 0 Å².